The van der Waals surface area contributed by atoms with E-state index in [1.807, 2.05) is 6.92 Å². The number of halogens is 1. The van der Waals surface area contributed by atoms with E-state index in [1.165, 1.54) is 0 Å². The van der Waals surface area contributed by atoms with Crippen LogP contribution in [0.4, 0.5) is 5.69 Å². The fraction of sp³-hybridized carbons (Fsp3) is 0.417. The van der Waals surface area contributed by atoms with Crippen molar-refractivity contribution in [3.63, 3.8) is 0 Å². The first-order valence-electron chi connectivity index (χ1n) is 5.41. The maximum Gasteiger partial charge on any atom is 0.244 e. The Morgan fingerprint density at radius 3 is 2.71 bits per heavy atom. The Balaban J connectivity index is 2.21. The quantitative estimate of drug-likeness (QED) is 0.868. The molecule has 1 aromatic rings. The zero-order valence-corrected chi connectivity index (χ0v) is 10.6. The van der Waals surface area contributed by atoms with E-state index in [-0.39, 0.29) is 5.91 Å². The Labute approximate surface area is 105 Å². The lowest BCUT2D eigenvalue weighted by atomic mass is 10.1. The normalized spacial score (nSPS) is 16.5. The molecule has 0 heterocycles. The van der Waals surface area contributed by atoms with Gasteiger partial charge in [-0.05, 0) is 37.5 Å². The number of benzene rings is 1. The van der Waals surface area contributed by atoms with Gasteiger partial charge in [-0.25, -0.2) is 0 Å². The minimum atomic E-state index is -0.682. The van der Waals surface area contributed by atoms with Crippen molar-refractivity contribution in [2.24, 2.45) is 5.73 Å². The summed E-state index contributed by atoms with van der Waals surface area (Å²) in [7, 11) is 1.55. The largest absolute Gasteiger partial charge is 0.495 e. The molecule has 3 N–H and O–H groups in total. The first kappa shape index (κ1) is 12.2. The van der Waals surface area contributed by atoms with Crippen LogP contribution in [0.1, 0.15) is 18.4 Å². The van der Waals surface area contributed by atoms with Gasteiger partial charge in [-0.3, -0.25) is 4.79 Å². The van der Waals surface area contributed by atoms with Gasteiger partial charge in [0.1, 0.15) is 5.75 Å². The summed E-state index contributed by atoms with van der Waals surface area (Å²) in [5, 5.41) is 3.27. The van der Waals surface area contributed by atoms with Crippen LogP contribution in [0.25, 0.3) is 0 Å². The molecule has 0 aliphatic heterocycles. The maximum atomic E-state index is 11.8. The summed E-state index contributed by atoms with van der Waals surface area (Å²) in [6.07, 6.45) is 1.48. The summed E-state index contributed by atoms with van der Waals surface area (Å²) < 4.78 is 5.10. The van der Waals surface area contributed by atoms with Gasteiger partial charge in [0.05, 0.1) is 17.7 Å². The number of ether oxygens (including phenoxy) is 1. The highest BCUT2D eigenvalue weighted by Crippen LogP contribution is 2.35. The number of carbonyl (C=O) groups is 1. The van der Waals surface area contributed by atoms with E-state index in [1.54, 1.807) is 19.2 Å². The number of hydrogen-bond donors (Lipinski definition) is 2. The fourth-order valence-electron chi connectivity index (χ4n) is 1.55. The van der Waals surface area contributed by atoms with Gasteiger partial charge < -0.3 is 15.8 Å². The molecule has 0 bridgehead atoms. The molecule has 0 aromatic heterocycles. The van der Waals surface area contributed by atoms with Gasteiger partial charge in [0.2, 0.25) is 5.91 Å². The van der Waals surface area contributed by atoms with Gasteiger partial charge >= 0.3 is 0 Å². The molecule has 5 heteroatoms. The molecule has 1 aromatic carbocycles. The SMILES string of the molecule is COc1cc(C)c(NC(=O)C2(N)CC2)cc1Cl. The molecular formula is C12H15ClN2O2. The molecule has 0 spiro atoms. The lowest BCUT2D eigenvalue weighted by Gasteiger charge is -2.14. The van der Waals surface area contributed by atoms with E-state index in [0.29, 0.717) is 16.5 Å². The van der Waals surface area contributed by atoms with E-state index in [4.69, 9.17) is 22.1 Å². The third-order valence-corrected chi connectivity index (χ3v) is 3.28. The lowest BCUT2D eigenvalue weighted by Crippen LogP contribution is -2.38. The minimum Gasteiger partial charge on any atom is -0.495 e. The van der Waals surface area contributed by atoms with E-state index in [9.17, 15) is 4.79 Å². The van der Waals surface area contributed by atoms with E-state index < -0.39 is 5.54 Å². The average molecular weight is 255 g/mol. The Morgan fingerprint density at radius 1 is 1.53 bits per heavy atom. The van der Waals surface area contributed by atoms with Gasteiger partial charge in [0.25, 0.3) is 0 Å². The number of methoxy groups -OCH3 is 1. The molecule has 0 atom stereocenters. The number of aryl methyl sites for hydroxylation is 1. The van der Waals surface area contributed by atoms with Crippen molar-refractivity contribution in [1.29, 1.82) is 0 Å². The Morgan fingerprint density at radius 2 is 2.18 bits per heavy atom. The van der Waals surface area contributed by atoms with Gasteiger partial charge in [0.15, 0.2) is 0 Å². The van der Waals surface area contributed by atoms with Crippen molar-refractivity contribution in [1.82, 2.24) is 0 Å². The van der Waals surface area contributed by atoms with Gasteiger partial charge in [-0.1, -0.05) is 11.6 Å². The molecular weight excluding hydrogens is 240 g/mol. The fourth-order valence-corrected chi connectivity index (χ4v) is 1.80. The molecule has 92 valence electrons. The monoisotopic (exact) mass is 254 g/mol. The first-order chi connectivity index (χ1) is 7.96. The van der Waals surface area contributed by atoms with Gasteiger partial charge in [0, 0.05) is 5.69 Å². The number of anilines is 1. The number of nitrogens with two attached hydrogens (primary N) is 1. The number of hydrogen-bond acceptors (Lipinski definition) is 3. The van der Waals surface area contributed by atoms with Crippen LogP contribution in [0.2, 0.25) is 5.02 Å². The highest BCUT2D eigenvalue weighted by Gasteiger charge is 2.46. The molecule has 17 heavy (non-hydrogen) atoms. The minimum absolute atomic E-state index is 0.151. The van der Waals surface area contributed by atoms with Gasteiger partial charge in [-0.15, -0.1) is 0 Å². The Kier molecular flexibility index (Phi) is 3.02. The third kappa shape index (κ3) is 2.37. The second kappa shape index (κ2) is 4.20. The van der Waals surface area contributed by atoms with Crippen LogP contribution in [0.15, 0.2) is 12.1 Å². The summed E-state index contributed by atoms with van der Waals surface area (Å²) in [6, 6.07) is 3.47. The predicted octanol–water partition coefficient (Wildman–Crippen LogP) is 2.09. The zero-order valence-electron chi connectivity index (χ0n) is 9.84. The predicted molar refractivity (Wildman–Crippen MR) is 67.5 cm³/mol. The summed E-state index contributed by atoms with van der Waals surface area (Å²) >= 11 is 6.01. The van der Waals surface area contributed by atoms with Crippen molar-refractivity contribution < 1.29 is 9.53 Å². The first-order valence-corrected chi connectivity index (χ1v) is 5.78. The molecule has 1 amide bonds. The van der Waals surface area contributed by atoms with Crippen LogP contribution >= 0.6 is 11.6 Å². The highest BCUT2D eigenvalue weighted by molar-refractivity contribution is 6.32. The molecule has 0 unspecified atom stereocenters. The van der Waals surface area contributed by atoms with Crippen molar-refractivity contribution in [2.75, 3.05) is 12.4 Å². The summed E-state index contributed by atoms with van der Waals surface area (Å²) in [4.78, 5) is 11.8. The third-order valence-electron chi connectivity index (χ3n) is 2.99. The van der Waals surface area contributed by atoms with Crippen LogP contribution in [0, 0.1) is 6.92 Å². The second-order valence-corrected chi connectivity index (χ2v) is 4.82. The zero-order chi connectivity index (χ0) is 12.6. The van der Waals surface area contributed by atoms with Crippen LogP contribution in [0.5, 0.6) is 5.75 Å². The van der Waals surface area contributed by atoms with Crippen LogP contribution in [-0.2, 0) is 4.79 Å². The molecule has 2 rings (SSSR count). The van der Waals surface area contributed by atoms with Crippen molar-refractivity contribution in [2.45, 2.75) is 25.3 Å². The molecule has 1 saturated carbocycles. The van der Waals surface area contributed by atoms with E-state index in [2.05, 4.69) is 5.32 Å². The van der Waals surface area contributed by atoms with Crippen molar-refractivity contribution >= 4 is 23.2 Å². The standard InChI is InChI=1S/C12H15ClN2O2/c1-7-5-10(17-2)8(13)6-9(7)15-11(16)12(14)3-4-12/h5-6H,3-4,14H2,1-2H3,(H,15,16). The lowest BCUT2D eigenvalue weighted by molar-refractivity contribution is -0.118. The van der Waals surface area contributed by atoms with Crippen molar-refractivity contribution in [3.05, 3.63) is 22.7 Å². The molecule has 4 nitrogen and oxygen atoms in total. The average Bonchev–Trinajstić information content (AvgIpc) is 3.02. The molecule has 0 saturated heterocycles. The molecule has 1 aliphatic carbocycles. The second-order valence-electron chi connectivity index (χ2n) is 4.41. The number of carbonyl (C=O) groups excluding carboxylic acids is 1. The highest BCUT2D eigenvalue weighted by atomic mass is 35.5. The van der Waals surface area contributed by atoms with Gasteiger partial charge in [-0.2, -0.15) is 0 Å². The number of nitrogens with one attached hydrogen (secondary N) is 1. The maximum absolute atomic E-state index is 11.8. The number of rotatable bonds is 3. The summed E-state index contributed by atoms with van der Waals surface area (Å²) in [5.74, 6) is 0.442. The van der Waals surface area contributed by atoms with E-state index in [0.717, 1.165) is 18.4 Å². The molecule has 1 aliphatic rings. The number of amides is 1. The molecule has 0 radical (unpaired) electrons. The molecule has 1 fully saturated rings. The summed E-state index contributed by atoms with van der Waals surface area (Å²) in [6.45, 7) is 1.88. The van der Waals surface area contributed by atoms with Crippen molar-refractivity contribution in [3.8, 4) is 5.75 Å². The van der Waals surface area contributed by atoms with E-state index >= 15 is 0 Å². The van der Waals surface area contributed by atoms with Crippen LogP contribution in [0.3, 0.4) is 0 Å². The van der Waals surface area contributed by atoms with Crippen LogP contribution < -0.4 is 15.8 Å². The van der Waals surface area contributed by atoms with Crippen LogP contribution in [-0.4, -0.2) is 18.6 Å². The Bertz CT molecular complexity index is 470. The Hall–Kier alpha value is -1.26. The topological polar surface area (TPSA) is 64.3 Å². The summed E-state index contributed by atoms with van der Waals surface area (Å²) in [5.41, 5.74) is 6.70. The smallest absolute Gasteiger partial charge is 0.244 e.